The van der Waals surface area contributed by atoms with E-state index in [1.54, 1.807) is 12.3 Å². The van der Waals surface area contributed by atoms with Gasteiger partial charge in [-0.15, -0.1) is 0 Å². The highest BCUT2D eigenvalue weighted by atomic mass is 16.2. The Morgan fingerprint density at radius 3 is 3.00 bits per heavy atom. The van der Waals surface area contributed by atoms with Crippen molar-refractivity contribution in [1.82, 2.24) is 25.2 Å². The normalized spacial score (nSPS) is 11.4. The van der Waals surface area contributed by atoms with Crippen LogP contribution in [0.2, 0.25) is 0 Å². The molecule has 0 saturated carbocycles. The predicted molar refractivity (Wildman–Crippen MR) is 96.4 cm³/mol. The summed E-state index contributed by atoms with van der Waals surface area (Å²) in [5.74, 6) is -0.343. The number of benzene rings is 1. The van der Waals surface area contributed by atoms with Gasteiger partial charge in [-0.1, -0.05) is 18.2 Å². The van der Waals surface area contributed by atoms with Crippen molar-refractivity contribution < 1.29 is 4.79 Å². The molecule has 0 bridgehead atoms. The molecule has 25 heavy (non-hydrogen) atoms. The zero-order chi connectivity index (χ0) is 17.2. The van der Waals surface area contributed by atoms with Gasteiger partial charge in [-0.3, -0.25) is 9.89 Å². The number of carbonyl (C=O) groups excluding carboxylic acids is 1. The summed E-state index contributed by atoms with van der Waals surface area (Å²) in [5.41, 5.74) is 6.43. The van der Waals surface area contributed by atoms with Gasteiger partial charge in [0.15, 0.2) is 0 Å². The molecule has 0 aliphatic rings. The van der Waals surface area contributed by atoms with Crippen molar-refractivity contribution in [2.24, 2.45) is 12.1 Å². The maximum absolute atomic E-state index is 12.2. The fraction of sp³-hybridized carbons (Fsp3) is 0.0556. The highest BCUT2D eigenvalue weighted by Gasteiger charge is 2.11. The zero-order valence-electron chi connectivity index (χ0n) is 13.5. The van der Waals surface area contributed by atoms with E-state index in [2.05, 4.69) is 25.7 Å². The summed E-state index contributed by atoms with van der Waals surface area (Å²) in [7, 11) is 1.93. The van der Waals surface area contributed by atoms with E-state index >= 15 is 0 Å². The Balaban J connectivity index is 1.47. The lowest BCUT2D eigenvalue weighted by Gasteiger charge is -1.97. The molecule has 1 amide bonds. The maximum Gasteiger partial charge on any atom is 0.289 e. The first-order chi connectivity index (χ1) is 12.2. The molecule has 0 aliphatic heterocycles. The highest BCUT2D eigenvalue weighted by molar-refractivity contribution is 6.00. The van der Waals surface area contributed by atoms with E-state index in [-0.39, 0.29) is 5.91 Å². The van der Waals surface area contributed by atoms with E-state index in [1.807, 2.05) is 60.4 Å². The van der Waals surface area contributed by atoms with Crippen LogP contribution in [-0.4, -0.2) is 31.9 Å². The van der Waals surface area contributed by atoms with Crippen LogP contribution in [0.4, 0.5) is 0 Å². The van der Waals surface area contributed by atoms with E-state index in [9.17, 15) is 4.79 Å². The Kier molecular flexibility index (Phi) is 3.66. The number of amides is 1. The molecule has 0 spiro atoms. The zero-order valence-corrected chi connectivity index (χ0v) is 13.5. The summed E-state index contributed by atoms with van der Waals surface area (Å²) >= 11 is 0. The quantitative estimate of drug-likeness (QED) is 0.396. The summed E-state index contributed by atoms with van der Waals surface area (Å²) in [6.07, 6.45) is 5.39. The van der Waals surface area contributed by atoms with Crippen LogP contribution in [0.15, 0.2) is 60.0 Å². The molecule has 124 valence electrons. The predicted octanol–water partition coefficient (Wildman–Crippen LogP) is 2.66. The Hall–Kier alpha value is -3.61. The van der Waals surface area contributed by atoms with Crippen molar-refractivity contribution in [3.63, 3.8) is 0 Å². The SMILES string of the molecule is Cn1cccc1-c1cc(C(=O)N/N=C/c2c[nH]c3ccccc23)[nH]n1. The Labute approximate surface area is 143 Å². The molecule has 0 aliphatic carbocycles. The third-order valence-corrected chi connectivity index (χ3v) is 4.02. The molecule has 7 heteroatoms. The lowest BCUT2D eigenvalue weighted by Crippen LogP contribution is -2.17. The van der Waals surface area contributed by atoms with Gasteiger partial charge >= 0.3 is 0 Å². The molecule has 0 radical (unpaired) electrons. The van der Waals surface area contributed by atoms with Gasteiger partial charge in [0, 0.05) is 35.9 Å². The van der Waals surface area contributed by atoms with Crippen LogP contribution >= 0.6 is 0 Å². The van der Waals surface area contributed by atoms with E-state index in [1.165, 1.54) is 0 Å². The molecule has 3 aromatic heterocycles. The molecule has 0 atom stereocenters. The van der Waals surface area contributed by atoms with Crippen LogP contribution in [0.3, 0.4) is 0 Å². The van der Waals surface area contributed by atoms with Gasteiger partial charge in [-0.05, 0) is 24.3 Å². The number of aryl methyl sites for hydroxylation is 1. The summed E-state index contributed by atoms with van der Waals surface area (Å²) in [4.78, 5) is 15.4. The first-order valence-electron chi connectivity index (χ1n) is 7.79. The molecule has 1 aromatic carbocycles. The van der Waals surface area contributed by atoms with Crippen LogP contribution in [0.1, 0.15) is 16.1 Å². The second kappa shape index (κ2) is 6.12. The highest BCUT2D eigenvalue weighted by Crippen LogP contribution is 2.17. The molecular weight excluding hydrogens is 316 g/mol. The number of hydrazone groups is 1. The minimum Gasteiger partial charge on any atom is -0.361 e. The Bertz CT molecular complexity index is 1070. The van der Waals surface area contributed by atoms with Crippen LogP contribution < -0.4 is 5.43 Å². The number of fused-ring (bicyclic) bond motifs is 1. The van der Waals surface area contributed by atoms with Crippen LogP contribution in [0.5, 0.6) is 0 Å². The number of nitrogens with zero attached hydrogens (tertiary/aromatic N) is 3. The van der Waals surface area contributed by atoms with Crippen LogP contribution in [-0.2, 0) is 7.05 Å². The Morgan fingerprint density at radius 1 is 1.28 bits per heavy atom. The van der Waals surface area contributed by atoms with Gasteiger partial charge < -0.3 is 9.55 Å². The summed E-state index contributed by atoms with van der Waals surface area (Å²) in [5, 5.41) is 12.0. The maximum atomic E-state index is 12.2. The summed E-state index contributed by atoms with van der Waals surface area (Å²) in [6, 6.07) is 13.5. The van der Waals surface area contributed by atoms with Crippen molar-refractivity contribution in [1.29, 1.82) is 0 Å². The van der Waals surface area contributed by atoms with Crippen molar-refractivity contribution >= 4 is 23.0 Å². The lowest BCUT2D eigenvalue weighted by atomic mass is 10.2. The number of aromatic nitrogens is 4. The molecular formula is C18H16N6O. The van der Waals surface area contributed by atoms with Crippen LogP contribution in [0.25, 0.3) is 22.3 Å². The van der Waals surface area contributed by atoms with Gasteiger partial charge in [0.25, 0.3) is 5.91 Å². The lowest BCUT2D eigenvalue weighted by molar-refractivity contribution is 0.0950. The summed E-state index contributed by atoms with van der Waals surface area (Å²) in [6.45, 7) is 0. The average Bonchev–Trinajstić information content (AvgIpc) is 3.34. The monoisotopic (exact) mass is 332 g/mol. The summed E-state index contributed by atoms with van der Waals surface area (Å²) < 4.78 is 1.94. The van der Waals surface area contributed by atoms with E-state index in [0.29, 0.717) is 11.4 Å². The minimum atomic E-state index is -0.343. The number of rotatable bonds is 4. The molecule has 0 saturated heterocycles. The van der Waals surface area contributed by atoms with Gasteiger partial charge in [0.1, 0.15) is 11.4 Å². The molecule has 7 nitrogen and oxygen atoms in total. The standard InChI is InChI=1S/C18H16N6O/c1-24-8-4-7-17(24)15-9-16(22-21-15)18(25)23-20-11-12-10-19-14-6-3-2-5-13(12)14/h2-11,19H,1H3,(H,21,22)(H,23,25)/b20-11+. The molecule has 0 fully saturated rings. The van der Waals surface area contributed by atoms with Crippen molar-refractivity contribution in [3.8, 4) is 11.4 Å². The molecule has 3 N–H and O–H groups in total. The largest absolute Gasteiger partial charge is 0.361 e. The van der Waals surface area contributed by atoms with Crippen molar-refractivity contribution in [2.75, 3.05) is 0 Å². The fourth-order valence-corrected chi connectivity index (χ4v) is 2.72. The topological polar surface area (TPSA) is 90.9 Å². The average molecular weight is 332 g/mol. The number of para-hydroxylation sites is 1. The van der Waals surface area contributed by atoms with Gasteiger partial charge in [0.2, 0.25) is 0 Å². The Morgan fingerprint density at radius 2 is 2.16 bits per heavy atom. The number of carbonyl (C=O) groups is 1. The minimum absolute atomic E-state index is 0.343. The van der Waals surface area contributed by atoms with Gasteiger partial charge in [-0.2, -0.15) is 10.2 Å². The number of hydrogen-bond donors (Lipinski definition) is 3. The van der Waals surface area contributed by atoms with E-state index < -0.39 is 0 Å². The van der Waals surface area contributed by atoms with Crippen molar-refractivity contribution in [2.45, 2.75) is 0 Å². The fourth-order valence-electron chi connectivity index (χ4n) is 2.72. The first-order valence-corrected chi connectivity index (χ1v) is 7.79. The molecule has 4 aromatic rings. The third kappa shape index (κ3) is 2.83. The third-order valence-electron chi connectivity index (χ3n) is 4.02. The number of hydrogen-bond acceptors (Lipinski definition) is 3. The first kappa shape index (κ1) is 14.9. The van der Waals surface area contributed by atoms with Crippen LogP contribution in [0, 0.1) is 0 Å². The van der Waals surface area contributed by atoms with E-state index in [4.69, 9.17) is 0 Å². The smallest absolute Gasteiger partial charge is 0.289 e. The second-order valence-electron chi connectivity index (χ2n) is 5.66. The molecule has 4 rings (SSSR count). The number of H-pyrrole nitrogens is 2. The van der Waals surface area contributed by atoms with Gasteiger partial charge in [-0.25, -0.2) is 5.43 Å². The van der Waals surface area contributed by atoms with E-state index in [0.717, 1.165) is 22.2 Å². The van der Waals surface area contributed by atoms with Gasteiger partial charge in [0.05, 0.1) is 11.9 Å². The molecule has 0 unspecified atom stereocenters. The molecule has 3 heterocycles. The number of aromatic amines is 2. The number of nitrogens with one attached hydrogen (secondary N) is 3. The van der Waals surface area contributed by atoms with Crippen molar-refractivity contribution in [3.05, 3.63) is 66.1 Å². The second-order valence-corrected chi connectivity index (χ2v) is 5.66.